The number of carbonyl (C=O) groups is 1. The molecule has 1 rings (SSSR count). The molecule has 2 N–H and O–H groups in total. The summed E-state index contributed by atoms with van der Waals surface area (Å²) in [6.45, 7) is 1.88. The molecule has 0 bridgehead atoms. The number of halogens is 1. The van der Waals surface area contributed by atoms with Gasteiger partial charge < -0.3 is 10.2 Å². The zero-order chi connectivity index (χ0) is 12.1. The maximum absolute atomic E-state index is 10.8. The van der Waals surface area contributed by atoms with Crippen molar-refractivity contribution < 1.29 is 15.0 Å². The summed E-state index contributed by atoms with van der Waals surface area (Å²) in [6, 6.07) is 5.18. The summed E-state index contributed by atoms with van der Waals surface area (Å²) in [6.07, 6.45) is -0.746. The van der Waals surface area contributed by atoms with Crippen LogP contribution in [0.3, 0.4) is 0 Å². The zero-order valence-corrected chi connectivity index (χ0v) is 10.6. The number of hydrogen-bond donors (Lipinski definition) is 2. The number of aliphatic hydroxyl groups is 2. The number of aryl methyl sites for hydroxylation is 1. The van der Waals surface area contributed by atoms with Gasteiger partial charge in [0.15, 0.2) is 0 Å². The molecule has 0 aliphatic carbocycles. The standard InChI is InChI=1S/C12H15BrO3/c1-8-2-3-9(7-14)10(6-8)12(16)11(15)4-5-13/h2-3,6-7,11-12,15-16H,4-5H2,1H3. The second kappa shape index (κ2) is 6.13. The van der Waals surface area contributed by atoms with Crippen molar-refractivity contribution in [2.24, 2.45) is 0 Å². The summed E-state index contributed by atoms with van der Waals surface area (Å²) in [4.78, 5) is 10.8. The van der Waals surface area contributed by atoms with Gasteiger partial charge in [-0.05, 0) is 18.9 Å². The lowest BCUT2D eigenvalue weighted by molar-refractivity contribution is 0.0170. The van der Waals surface area contributed by atoms with Crippen LogP contribution in [-0.2, 0) is 0 Å². The lowest BCUT2D eigenvalue weighted by Crippen LogP contribution is -2.20. The van der Waals surface area contributed by atoms with E-state index in [0.717, 1.165) is 5.56 Å². The van der Waals surface area contributed by atoms with Gasteiger partial charge in [0.25, 0.3) is 0 Å². The highest BCUT2D eigenvalue weighted by Gasteiger charge is 2.20. The van der Waals surface area contributed by atoms with E-state index in [9.17, 15) is 15.0 Å². The van der Waals surface area contributed by atoms with Crippen molar-refractivity contribution in [3.63, 3.8) is 0 Å². The van der Waals surface area contributed by atoms with Crippen LogP contribution in [-0.4, -0.2) is 27.9 Å². The maximum atomic E-state index is 10.8. The van der Waals surface area contributed by atoms with E-state index in [1.165, 1.54) is 0 Å². The van der Waals surface area contributed by atoms with Gasteiger partial charge in [-0.25, -0.2) is 0 Å². The molecule has 0 amide bonds. The van der Waals surface area contributed by atoms with Gasteiger partial charge in [0.2, 0.25) is 0 Å². The molecule has 16 heavy (non-hydrogen) atoms. The lowest BCUT2D eigenvalue weighted by atomic mass is 9.96. The fourth-order valence-corrected chi connectivity index (χ4v) is 2.00. The van der Waals surface area contributed by atoms with Crippen LogP contribution in [0.2, 0.25) is 0 Å². The summed E-state index contributed by atoms with van der Waals surface area (Å²) < 4.78 is 0. The Balaban J connectivity index is 3.00. The molecular weight excluding hydrogens is 272 g/mol. The first-order chi connectivity index (χ1) is 7.60. The van der Waals surface area contributed by atoms with Crippen LogP contribution in [0.1, 0.15) is 34.0 Å². The van der Waals surface area contributed by atoms with Gasteiger partial charge in [-0.15, -0.1) is 0 Å². The van der Waals surface area contributed by atoms with E-state index in [-0.39, 0.29) is 0 Å². The van der Waals surface area contributed by atoms with Crippen LogP contribution in [0.5, 0.6) is 0 Å². The number of hydrogen-bond acceptors (Lipinski definition) is 3. The van der Waals surface area contributed by atoms with Gasteiger partial charge in [0.05, 0.1) is 6.10 Å². The minimum atomic E-state index is -1.02. The quantitative estimate of drug-likeness (QED) is 0.643. The second-order valence-electron chi connectivity index (χ2n) is 3.74. The third-order valence-corrected chi connectivity index (χ3v) is 2.92. The Morgan fingerprint density at radius 2 is 2.12 bits per heavy atom. The third kappa shape index (κ3) is 3.14. The van der Waals surface area contributed by atoms with Gasteiger partial charge in [0.1, 0.15) is 12.4 Å². The van der Waals surface area contributed by atoms with E-state index in [0.29, 0.717) is 29.2 Å². The smallest absolute Gasteiger partial charge is 0.150 e. The predicted molar refractivity (Wildman–Crippen MR) is 65.9 cm³/mol. The molecule has 0 spiro atoms. The summed E-state index contributed by atoms with van der Waals surface area (Å²) in [5.41, 5.74) is 1.86. The van der Waals surface area contributed by atoms with E-state index >= 15 is 0 Å². The molecule has 0 fully saturated rings. The van der Waals surface area contributed by atoms with Crippen molar-refractivity contribution in [2.75, 3.05) is 5.33 Å². The zero-order valence-electron chi connectivity index (χ0n) is 9.06. The molecule has 0 aromatic heterocycles. The van der Waals surface area contributed by atoms with E-state index < -0.39 is 12.2 Å². The monoisotopic (exact) mass is 286 g/mol. The Bertz CT molecular complexity index is 365. The highest BCUT2D eigenvalue weighted by molar-refractivity contribution is 9.09. The maximum Gasteiger partial charge on any atom is 0.150 e. The molecule has 0 saturated carbocycles. The third-order valence-electron chi connectivity index (χ3n) is 2.46. The number of rotatable bonds is 5. The van der Waals surface area contributed by atoms with E-state index in [2.05, 4.69) is 15.9 Å². The first-order valence-corrected chi connectivity index (χ1v) is 6.20. The van der Waals surface area contributed by atoms with Crippen LogP contribution in [0, 0.1) is 6.92 Å². The van der Waals surface area contributed by atoms with Gasteiger partial charge in [-0.3, -0.25) is 4.79 Å². The topological polar surface area (TPSA) is 57.5 Å². The molecule has 3 nitrogen and oxygen atoms in total. The minimum absolute atomic E-state index is 0.423. The molecule has 1 aromatic carbocycles. The van der Waals surface area contributed by atoms with E-state index in [4.69, 9.17) is 0 Å². The van der Waals surface area contributed by atoms with Gasteiger partial charge in [-0.2, -0.15) is 0 Å². The first-order valence-electron chi connectivity index (χ1n) is 5.08. The molecule has 0 saturated heterocycles. The van der Waals surface area contributed by atoms with Gasteiger partial charge in [0, 0.05) is 10.9 Å². The average Bonchev–Trinajstić information content (AvgIpc) is 2.28. The van der Waals surface area contributed by atoms with Crippen LogP contribution in [0.15, 0.2) is 18.2 Å². The predicted octanol–water partition coefficient (Wildman–Crippen LogP) is 1.99. The Hall–Kier alpha value is -0.710. The highest BCUT2D eigenvalue weighted by atomic mass is 79.9. The largest absolute Gasteiger partial charge is 0.390 e. The summed E-state index contributed by atoms with van der Waals surface area (Å²) >= 11 is 3.20. The molecule has 1 aromatic rings. The molecule has 0 radical (unpaired) electrons. The fourth-order valence-electron chi connectivity index (χ4n) is 1.53. The summed E-state index contributed by atoms with van der Waals surface area (Å²) in [7, 11) is 0. The molecule has 4 heteroatoms. The van der Waals surface area contributed by atoms with Crippen LogP contribution in [0.4, 0.5) is 0 Å². The lowest BCUT2D eigenvalue weighted by Gasteiger charge is -2.19. The summed E-state index contributed by atoms with van der Waals surface area (Å²) in [5, 5.41) is 20.2. The number of aldehydes is 1. The molecule has 0 aliphatic rings. The minimum Gasteiger partial charge on any atom is -0.390 e. The molecule has 88 valence electrons. The molecule has 2 atom stereocenters. The Labute approximate surface area is 103 Å². The number of alkyl halides is 1. The number of benzene rings is 1. The Morgan fingerprint density at radius 3 is 2.69 bits per heavy atom. The van der Waals surface area contributed by atoms with Crippen molar-refractivity contribution in [1.29, 1.82) is 0 Å². The van der Waals surface area contributed by atoms with Crippen molar-refractivity contribution in [1.82, 2.24) is 0 Å². The molecule has 2 unspecified atom stereocenters. The van der Waals surface area contributed by atoms with E-state index in [1.807, 2.05) is 6.92 Å². The van der Waals surface area contributed by atoms with Crippen molar-refractivity contribution in [2.45, 2.75) is 25.6 Å². The average molecular weight is 287 g/mol. The highest BCUT2D eigenvalue weighted by Crippen LogP contribution is 2.23. The first kappa shape index (κ1) is 13.4. The SMILES string of the molecule is Cc1ccc(C=O)c(C(O)C(O)CCBr)c1. The summed E-state index contributed by atoms with van der Waals surface area (Å²) in [5.74, 6) is 0. The number of aliphatic hydroxyl groups excluding tert-OH is 2. The fraction of sp³-hybridized carbons (Fsp3) is 0.417. The van der Waals surface area contributed by atoms with Crippen molar-refractivity contribution in [3.8, 4) is 0 Å². The molecular formula is C12H15BrO3. The normalized spacial score (nSPS) is 14.5. The van der Waals surface area contributed by atoms with E-state index in [1.54, 1.807) is 18.2 Å². The number of carbonyl (C=O) groups excluding carboxylic acids is 1. The van der Waals surface area contributed by atoms with Crippen LogP contribution in [0.25, 0.3) is 0 Å². The van der Waals surface area contributed by atoms with Crippen molar-refractivity contribution >= 4 is 22.2 Å². The second-order valence-corrected chi connectivity index (χ2v) is 4.53. The molecule has 0 heterocycles. The van der Waals surface area contributed by atoms with Gasteiger partial charge >= 0.3 is 0 Å². The molecule has 0 aliphatic heterocycles. The van der Waals surface area contributed by atoms with Gasteiger partial charge in [-0.1, -0.05) is 39.7 Å². The van der Waals surface area contributed by atoms with Crippen LogP contribution < -0.4 is 0 Å². The Kier molecular flexibility index (Phi) is 5.12. The van der Waals surface area contributed by atoms with Crippen LogP contribution >= 0.6 is 15.9 Å². The Morgan fingerprint density at radius 1 is 1.44 bits per heavy atom. The van der Waals surface area contributed by atoms with Crippen molar-refractivity contribution in [3.05, 3.63) is 34.9 Å².